The van der Waals surface area contributed by atoms with Crippen molar-refractivity contribution in [3.05, 3.63) is 29.3 Å². The van der Waals surface area contributed by atoms with Gasteiger partial charge in [-0.05, 0) is 31.4 Å². The molecule has 2 N–H and O–H groups in total. The van der Waals surface area contributed by atoms with Crippen molar-refractivity contribution >= 4 is 17.6 Å². The molecule has 2 rings (SSSR count). The Kier molecular flexibility index (Phi) is 5.37. The third kappa shape index (κ3) is 4.59. The minimum Gasteiger partial charge on any atom is -0.478 e. The molecule has 1 aliphatic rings. The van der Waals surface area contributed by atoms with Gasteiger partial charge in [-0.2, -0.15) is 0 Å². The molecule has 1 fully saturated rings. The lowest BCUT2D eigenvalue weighted by atomic mass is 9.86. The maximum absolute atomic E-state index is 12.0. The molecule has 0 saturated heterocycles. The molecule has 0 radical (unpaired) electrons. The van der Waals surface area contributed by atoms with Crippen LogP contribution in [0.1, 0.15) is 60.9 Å². The number of nitrogens with one attached hydrogen (secondary N) is 1. The van der Waals surface area contributed by atoms with Crippen molar-refractivity contribution in [2.75, 3.05) is 5.32 Å². The number of carboxylic acids is 1. The molecule has 0 atom stereocenters. The van der Waals surface area contributed by atoms with Gasteiger partial charge in [0, 0.05) is 6.42 Å². The van der Waals surface area contributed by atoms with E-state index in [2.05, 4.69) is 5.32 Å². The molecule has 0 aliphatic heterocycles. The first-order chi connectivity index (χ1) is 10.1. The van der Waals surface area contributed by atoms with Gasteiger partial charge in [-0.1, -0.05) is 43.7 Å². The first-order valence-electron chi connectivity index (χ1n) is 7.70. The Balaban J connectivity index is 1.91. The van der Waals surface area contributed by atoms with Crippen molar-refractivity contribution in [2.45, 2.75) is 51.9 Å². The highest BCUT2D eigenvalue weighted by Gasteiger charge is 2.16. The molecule has 0 spiro atoms. The lowest BCUT2D eigenvalue weighted by molar-refractivity contribution is -0.116. The van der Waals surface area contributed by atoms with Gasteiger partial charge in [-0.3, -0.25) is 4.79 Å². The van der Waals surface area contributed by atoms with E-state index in [9.17, 15) is 14.7 Å². The summed E-state index contributed by atoms with van der Waals surface area (Å²) < 4.78 is 0. The highest BCUT2D eigenvalue weighted by Crippen LogP contribution is 2.27. The quantitative estimate of drug-likeness (QED) is 0.861. The number of anilines is 1. The normalized spacial score (nSPS) is 15.7. The zero-order valence-corrected chi connectivity index (χ0v) is 12.5. The SMILES string of the molecule is Cc1ccc(NC(=O)CCC2CCCCC2)c(C(=O)O)c1. The number of carbonyl (C=O) groups is 2. The van der Waals surface area contributed by atoms with Crippen molar-refractivity contribution in [3.63, 3.8) is 0 Å². The van der Waals surface area contributed by atoms with Gasteiger partial charge in [0.05, 0.1) is 11.3 Å². The van der Waals surface area contributed by atoms with Crippen molar-refractivity contribution < 1.29 is 14.7 Å². The second-order valence-electron chi connectivity index (χ2n) is 5.95. The Hall–Kier alpha value is -1.84. The third-order valence-corrected chi connectivity index (χ3v) is 4.18. The summed E-state index contributed by atoms with van der Waals surface area (Å²) in [5, 5.41) is 11.9. The summed E-state index contributed by atoms with van der Waals surface area (Å²) in [7, 11) is 0. The summed E-state index contributed by atoms with van der Waals surface area (Å²) in [5.74, 6) is -0.449. The highest BCUT2D eigenvalue weighted by atomic mass is 16.4. The molecule has 1 aliphatic carbocycles. The molecule has 1 aromatic rings. The lowest BCUT2D eigenvalue weighted by Gasteiger charge is -2.21. The molecule has 0 bridgehead atoms. The van der Waals surface area contributed by atoms with Crippen LogP contribution in [0.15, 0.2) is 18.2 Å². The molecule has 21 heavy (non-hydrogen) atoms. The van der Waals surface area contributed by atoms with E-state index in [1.165, 1.54) is 32.1 Å². The van der Waals surface area contributed by atoms with Crippen LogP contribution in [-0.4, -0.2) is 17.0 Å². The summed E-state index contributed by atoms with van der Waals surface area (Å²) in [6.45, 7) is 1.83. The smallest absolute Gasteiger partial charge is 0.337 e. The molecule has 1 aromatic carbocycles. The number of aromatic carboxylic acids is 1. The molecular weight excluding hydrogens is 266 g/mol. The van der Waals surface area contributed by atoms with E-state index in [0.717, 1.165) is 12.0 Å². The van der Waals surface area contributed by atoms with Gasteiger partial charge in [0.1, 0.15) is 0 Å². The van der Waals surface area contributed by atoms with Crippen LogP contribution in [-0.2, 0) is 4.79 Å². The van der Waals surface area contributed by atoms with E-state index in [1.807, 2.05) is 13.0 Å². The number of hydrogen-bond acceptors (Lipinski definition) is 2. The first-order valence-corrected chi connectivity index (χ1v) is 7.70. The van der Waals surface area contributed by atoms with Gasteiger partial charge in [-0.15, -0.1) is 0 Å². The fourth-order valence-corrected chi connectivity index (χ4v) is 2.97. The van der Waals surface area contributed by atoms with E-state index in [0.29, 0.717) is 18.0 Å². The number of benzene rings is 1. The summed E-state index contributed by atoms with van der Waals surface area (Å²) in [6.07, 6.45) is 7.67. The number of carboxylic acid groups (broad SMARTS) is 1. The summed E-state index contributed by atoms with van der Waals surface area (Å²) in [6, 6.07) is 5.06. The van der Waals surface area contributed by atoms with Crippen LogP contribution in [0.25, 0.3) is 0 Å². The minimum atomic E-state index is -1.01. The Labute approximate surface area is 125 Å². The highest BCUT2D eigenvalue weighted by molar-refractivity contribution is 6.00. The first kappa shape index (κ1) is 15.5. The number of rotatable bonds is 5. The predicted molar refractivity (Wildman–Crippen MR) is 82.6 cm³/mol. The van der Waals surface area contributed by atoms with Crippen molar-refractivity contribution in [1.82, 2.24) is 0 Å². The minimum absolute atomic E-state index is 0.0908. The maximum Gasteiger partial charge on any atom is 0.337 e. The summed E-state index contributed by atoms with van der Waals surface area (Å²) in [4.78, 5) is 23.2. The van der Waals surface area contributed by atoms with Gasteiger partial charge >= 0.3 is 5.97 Å². The Bertz CT molecular complexity index is 519. The molecule has 0 unspecified atom stereocenters. The van der Waals surface area contributed by atoms with Gasteiger partial charge in [0.2, 0.25) is 5.91 Å². The Morgan fingerprint density at radius 1 is 1.24 bits per heavy atom. The van der Waals surface area contributed by atoms with Crippen molar-refractivity contribution in [2.24, 2.45) is 5.92 Å². The summed E-state index contributed by atoms with van der Waals surface area (Å²) >= 11 is 0. The molecule has 4 nitrogen and oxygen atoms in total. The fraction of sp³-hybridized carbons (Fsp3) is 0.529. The standard InChI is InChI=1S/C17H23NO3/c1-12-7-9-15(14(11-12)17(20)21)18-16(19)10-8-13-5-3-2-4-6-13/h7,9,11,13H,2-6,8,10H2,1H3,(H,18,19)(H,20,21). The Morgan fingerprint density at radius 2 is 1.95 bits per heavy atom. The van der Waals surface area contributed by atoms with Crippen LogP contribution in [0.3, 0.4) is 0 Å². The van der Waals surface area contributed by atoms with Crippen LogP contribution in [0.4, 0.5) is 5.69 Å². The number of amides is 1. The monoisotopic (exact) mass is 289 g/mol. The zero-order valence-electron chi connectivity index (χ0n) is 12.5. The largest absolute Gasteiger partial charge is 0.478 e. The van der Waals surface area contributed by atoms with E-state index in [1.54, 1.807) is 12.1 Å². The van der Waals surface area contributed by atoms with E-state index < -0.39 is 5.97 Å². The van der Waals surface area contributed by atoms with Crippen LogP contribution < -0.4 is 5.32 Å². The van der Waals surface area contributed by atoms with E-state index in [-0.39, 0.29) is 11.5 Å². The van der Waals surface area contributed by atoms with E-state index in [4.69, 9.17) is 0 Å². The number of carbonyl (C=O) groups excluding carboxylic acids is 1. The molecule has 1 amide bonds. The number of aryl methyl sites for hydroxylation is 1. The molecular formula is C17H23NO3. The van der Waals surface area contributed by atoms with Crippen molar-refractivity contribution in [3.8, 4) is 0 Å². The average molecular weight is 289 g/mol. The third-order valence-electron chi connectivity index (χ3n) is 4.18. The van der Waals surface area contributed by atoms with Gasteiger partial charge in [0.25, 0.3) is 0 Å². The molecule has 114 valence electrons. The topological polar surface area (TPSA) is 66.4 Å². The van der Waals surface area contributed by atoms with Crippen LogP contribution in [0.5, 0.6) is 0 Å². The zero-order chi connectivity index (χ0) is 15.2. The molecule has 4 heteroatoms. The molecule has 0 aromatic heterocycles. The molecule has 0 heterocycles. The second-order valence-corrected chi connectivity index (χ2v) is 5.95. The van der Waals surface area contributed by atoms with Gasteiger partial charge in [-0.25, -0.2) is 4.79 Å². The van der Waals surface area contributed by atoms with Gasteiger partial charge in [0.15, 0.2) is 0 Å². The maximum atomic E-state index is 12.0. The van der Waals surface area contributed by atoms with Crippen molar-refractivity contribution in [1.29, 1.82) is 0 Å². The van der Waals surface area contributed by atoms with Crippen LogP contribution in [0.2, 0.25) is 0 Å². The summed E-state index contributed by atoms with van der Waals surface area (Å²) in [5.41, 5.74) is 1.41. The average Bonchev–Trinajstić information content (AvgIpc) is 2.48. The lowest BCUT2D eigenvalue weighted by Crippen LogP contribution is -2.16. The fourth-order valence-electron chi connectivity index (χ4n) is 2.97. The second kappa shape index (κ2) is 7.25. The van der Waals surface area contributed by atoms with Gasteiger partial charge < -0.3 is 10.4 Å². The predicted octanol–water partition coefficient (Wildman–Crippen LogP) is 3.99. The van der Waals surface area contributed by atoms with Crippen LogP contribution in [0, 0.1) is 12.8 Å². The Morgan fingerprint density at radius 3 is 2.62 bits per heavy atom. The van der Waals surface area contributed by atoms with E-state index >= 15 is 0 Å². The number of hydrogen-bond donors (Lipinski definition) is 2. The van der Waals surface area contributed by atoms with Crippen LogP contribution >= 0.6 is 0 Å². The molecule has 1 saturated carbocycles.